The Bertz CT molecular complexity index is 747. The number of urea groups is 1. The van der Waals surface area contributed by atoms with Crippen molar-refractivity contribution in [2.75, 3.05) is 29.5 Å². The summed E-state index contributed by atoms with van der Waals surface area (Å²) in [5.74, 6) is 1.33. The first kappa shape index (κ1) is 17.9. The van der Waals surface area contributed by atoms with Gasteiger partial charge in [0.2, 0.25) is 5.95 Å². The third-order valence-corrected chi connectivity index (χ3v) is 3.96. The highest BCUT2D eigenvalue weighted by atomic mass is 32.2. The lowest BCUT2D eigenvalue weighted by Gasteiger charge is -2.11. The molecule has 1 aromatic carbocycles. The van der Waals surface area contributed by atoms with Crippen LogP contribution in [0.2, 0.25) is 0 Å². The summed E-state index contributed by atoms with van der Waals surface area (Å²) in [5.41, 5.74) is 1.22. The third-order valence-electron chi connectivity index (χ3n) is 3.01. The van der Waals surface area contributed by atoms with Crippen molar-refractivity contribution in [2.45, 2.75) is 18.7 Å². The second kappa shape index (κ2) is 8.97. The van der Waals surface area contributed by atoms with Crippen molar-refractivity contribution >= 4 is 29.4 Å². The van der Waals surface area contributed by atoms with Crippen LogP contribution < -0.4 is 21.5 Å². The molecule has 0 atom stereocenters. The summed E-state index contributed by atoms with van der Waals surface area (Å²) in [6, 6.07) is 8.83. The number of nitrogens with one attached hydrogen (secondary N) is 4. The maximum absolute atomic E-state index is 12.0. The molecule has 0 fully saturated rings. The summed E-state index contributed by atoms with van der Waals surface area (Å²) in [5, 5.41) is 8.56. The molecule has 24 heavy (non-hydrogen) atoms. The SMILES string of the molecule is CCSc1ccccc1NC(=O)NCCNc1nc(C)cc(=O)[nH]1. The summed E-state index contributed by atoms with van der Waals surface area (Å²) in [7, 11) is 0. The normalized spacial score (nSPS) is 10.2. The van der Waals surface area contributed by atoms with Gasteiger partial charge in [0.1, 0.15) is 0 Å². The second-order valence-electron chi connectivity index (χ2n) is 4.97. The van der Waals surface area contributed by atoms with Crippen LogP contribution in [-0.2, 0) is 0 Å². The fraction of sp³-hybridized carbons (Fsp3) is 0.312. The van der Waals surface area contributed by atoms with Crippen LogP contribution in [-0.4, -0.2) is 34.8 Å². The predicted molar refractivity (Wildman–Crippen MR) is 97.9 cm³/mol. The van der Waals surface area contributed by atoms with Gasteiger partial charge in [0.15, 0.2) is 0 Å². The molecule has 7 nitrogen and oxygen atoms in total. The van der Waals surface area contributed by atoms with Gasteiger partial charge in [-0.1, -0.05) is 19.1 Å². The molecule has 2 amide bonds. The Labute approximate surface area is 144 Å². The minimum atomic E-state index is -0.272. The zero-order valence-corrected chi connectivity index (χ0v) is 14.5. The largest absolute Gasteiger partial charge is 0.354 e. The van der Waals surface area contributed by atoms with Crippen molar-refractivity contribution < 1.29 is 4.79 Å². The van der Waals surface area contributed by atoms with Crippen LogP contribution in [0, 0.1) is 6.92 Å². The molecule has 0 saturated carbocycles. The highest BCUT2D eigenvalue weighted by molar-refractivity contribution is 7.99. The highest BCUT2D eigenvalue weighted by Crippen LogP contribution is 2.26. The molecule has 0 spiro atoms. The van der Waals surface area contributed by atoms with Crippen LogP contribution in [0.3, 0.4) is 0 Å². The Morgan fingerprint density at radius 3 is 2.83 bits per heavy atom. The molecule has 2 aromatic rings. The van der Waals surface area contributed by atoms with Crippen LogP contribution in [0.25, 0.3) is 0 Å². The van der Waals surface area contributed by atoms with Gasteiger partial charge < -0.3 is 16.0 Å². The Morgan fingerprint density at radius 2 is 2.08 bits per heavy atom. The van der Waals surface area contributed by atoms with Gasteiger partial charge in [-0.05, 0) is 24.8 Å². The van der Waals surface area contributed by atoms with Crippen molar-refractivity contribution in [1.82, 2.24) is 15.3 Å². The summed E-state index contributed by atoms with van der Waals surface area (Å²) >= 11 is 1.68. The van der Waals surface area contributed by atoms with Gasteiger partial charge in [0, 0.05) is 29.7 Å². The standard InChI is InChI=1S/C16H21N5O2S/c1-3-24-13-7-5-4-6-12(13)20-16(23)18-9-8-17-15-19-11(2)10-14(22)21-15/h4-7,10H,3,8-9H2,1-2H3,(H2,18,20,23)(H2,17,19,21,22). The average molecular weight is 347 g/mol. The molecule has 0 saturated heterocycles. The van der Waals surface area contributed by atoms with E-state index in [4.69, 9.17) is 0 Å². The Hall–Kier alpha value is -2.48. The topological polar surface area (TPSA) is 98.9 Å². The maximum atomic E-state index is 12.0. The van der Waals surface area contributed by atoms with Crippen molar-refractivity contribution in [3.8, 4) is 0 Å². The quantitative estimate of drug-likeness (QED) is 0.455. The van der Waals surface area contributed by atoms with E-state index in [9.17, 15) is 9.59 Å². The van der Waals surface area contributed by atoms with E-state index in [1.54, 1.807) is 18.7 Å². The lowest BCUT2D eigenvalue weighted by atomic mass is 10.3. The molecule has 128 valence electrons. The zero-order chi connectivity index (χ0) is 17.4. The highest BCUT2D eigenvalue weighted by Gasteiger charge is 2.05. The number of rotatable bonds is 7. The molecule has 0 aliphatic rings. The van der Waals surface area contributed by atoms with E-state index in [2.05, 4.69) is 32.8 Å². The van der Waals surface area contributed by atoms with E-state index in [0.29, 0.717) is 24.7 Å². The minimum Gasteiger partial charge on any atom is -0.354 e. The molecular weight excluding hydrogens is 326 g/mol. The van der Waals surface area contributed by atoms with E-state index in [1.165, 1.54) is 6.07 Å². The average Bonchev–Trinajstić information content (AvgIpc) is 2.53. The molecule has 0 aliphatic carbocycles. The van der Waals surface area contributed by atoms with E-state index in [-0.39, 0.29) is 11.6 Å². The first-order valence-corrected chi connectivity index (χ1v) is 8.65. The summed E-state index contributed by atoms with van der Waals surface area (Å²) in [6.07, 6.45) is 0. The van der Waals surface area contributed by atoms with Crippen LogP contribution in [0.1, 0.15) is 12.6 Å². The third kappa shape index (κ3) is 5.62. The van der Waals surface area contributed by atoms with Crippen molar-refractivity contribution in [2.24, 2.45) is 0 Å². The molecule has 4 N–H and O–H groups in total. The molecule has 2 rings (SSSR count). The Balaban J connectivity index is 1.78. The number of aromatic nitrogens is 2. The molecule has 8 heteroatoms. The lowest BCUT2D eigenvalue weighted by Crippen LogP contribution is -2.33. The van der Waals surface area contributed by atoms with E-state index < -0.39 is 0 Å². The molecule has 0 radical (unpaired) electrons. The number of H-pyrrole nitrogens is 1. The maximum Gasteiger partial charge on any atom is 0.319 e. The van der Waals surface area contributed by atoms with Gasteiger partial charge in [-0.2, -0.15) is 0 Å². The molecular formula is C16H21N5O2S. The van der Waals surface area contributed by atoms with Gasteiger partial charge in [0.25, 0.3) is 5.56 Å². The summed E-state index contributed by atoms with van der Waals surface area (Å²) in [6.45, 7) is 4.66. The summed E-state index contributed by atoms with van der Waals surface area (Å²) < 4.78 is 0. The number of hydrogen-bond acceptors (Lipinski definition) is 5. The first-order chi connectivity index (χ1) is 11.6. The van der Waals surface area contributed by atoms with Gasteiger partial charge in [0.05, 0.1) is 5.69 Å². The number of carbonyl (C=O) groups is 1. The zero-order valence-electron chi connectivity index (χ0n) is 13.7. The number of anilines is 2. The number of hydrogen-bond donors (Lipinski definition) is 4. The second-order valence-corrected chi connectivity index (χ2v) is 6.28. The number of aryl methyl sites for hydroxylation is 1. The van der Waals surface area contributed by atoms with Crippen LogP contribution >= 0.6 is 11.8 Å². The minimum absolute atomic E-state index is 0.208. The molecule has 0 unspecified atom stereocenters. The van der Waals surface area contributed by atoms with Crippen LogP contribution in [0.5, 0.6) is 0 Å². The van der Waals surface area contributed by atoms with Gasteiger partial charge >= 0.3 is 6.03 Å². The lowest BCUT2D eigenvalue weighted by molar-refractivity contribution is 0.252. The van der Waals surface area contributed by atoms with Crippen molar-refractivity contribution in [3.05, 3.63) is 46.4 Å². The van der Waals surface area contributed by atoms with Gasteiger partial charge in [-0.25, -0.2) is 9.78 Å². The first-order valence-electron chi connectivity index (χ1n) is 7.67. The Morgan fingerprint density at radius 1 is 1.29 bits per heavy atom. The fourth-order valence-corrected chi connectivity index (χ4v) is 2.80. The number of nitrogens with zero attached hydrogens (tertiary/aromatic N) is 1. The number of aromatic amines is 1. The van der Waals surface area contributed by atoms with Crippen molar-refractivity contribution in [1.29, 1.82) is 0 Å². The molecule has 1 heterocycles. The number of benzene rings is 1. The fourth-order valence-electron chi connectivity index (χ4n) is 2.04. The monoisotopic (exact) mass is 347 g/mol. The number of para-hydroxylation sites is 1. The molecule has 0 bridgehead atoms. The smallest absolute Gasteiger partial charge is 0.319 e. The van der Waals surface area contributed by atoms with Crippen molar-refractivity contribution in [3.63, 3.8) is 0 Å². The summed E-state index contributed by atoms with van der Waals surface area (Å²) in [4.78, 5) is 31.1. The number of amides is 2. The predicted octanol–water partition coefficient (Wildman–Crippen LogP) is 2.42. The van der Waals surface area contributed by atoms with Crippen LogP contribution in [0.4, 0.5) is 16.4 Å². The Kier molecular flexibility index (Phi) is 6.68. The van der Waals surface area contributed by atoms with E-state index in [1.807, 2.05) is 24.3 Å². The molecule has 1 aromatic heterocycles. The van der Waals surface area contributed by atoms with Gasteiger partial charge in [-0.3, -0.25) is 9.78 Å². The van der Waals surface area contributed by atoms with Gasteiger partial charge in [-0.15, -0.1) is 11.8 Å². The van der Waals surface area contributed by atoms with Crippen LogP contribution in [0.15, 0.2) is 40.0 Å². The van der Waals surface area contributed by atoms with E-state index >= 15 is 0 Å². The van der Waals surface area contributed by atoms with E-state index in [0.717, 1.165) is 16.3 Å². The number of thioether (sulfide) groups is 1. The number of carbonyl (C=O) groups excluding carboxylic acids is 1. The molecule has 0 aliphatic heterocycles.